The number of β-amino-alcohol motifs (C(OH)–C–C–N with tert-alkyl or cyclic N) is 1. The lowest BCUT2D eigenvalue weighted by Gasteiger charge is -2.37. The van der Waals surface area contributed by atoms with Gasteiger partial charge in [-0.25, -0.2) is 4.98 Å². The van der Waals surface area contributed by atoms with Crippen molar-refractivity contribution in [2.45, 2.75) is 20.0 Å². The summed E-state index contributed by atoms with van der Waals surface area (Å²) >= 11 is 0. The molecule has 3 aromatic rings. The number of pyridine rings is 1. The molecule has 1 atom stereocenters. The molecule has 0 radical (unpaired) electrons. The Morgan fingerprint density at radius 2 is 1.96 bits per heavy atom. The van der Waals surface area contributed by atoms with Crippen LogP contribution in [0.5, 0.6) is 0 Å². The largest absolute Gasteiger partial charge is 0.392 e. The molecule has 1 aliphatic rings. The molecule has 1 aromatic carbocycles. The van der Waals surface area contributed by atoms with Crippen molar-refractivity contribution in [1.29, 1.82) is 5.26 Å². The van der Waals surface area contributed by atoms with Gasteiger partial charge in [0.25, 0.3) is 0 Å². The third-order valence-electron chi connectivity index (χ3n) is 5.08. The number of rotatable bonds is 3. The van der Waals surface area contributed by atoms with Crippen LogP contribution in [0.3, 0.4) is 0 Å². The fourth-order valence-corrected chi connectivity index (χ4v) is 3.84. The van der Waals surface area contributed by atoms with E-state index in [-0.39, 0.29) is 6.10 Å². The first-order chi connectivity index (χ1) is 12.6. The lowest BCUT2D eigenvalue weighted by Crippen LogP contribution is -2.48. The van der Waals surface area contributed by atoms with Crippen molar-refractivity contribution in [1.82, 2.24) is 14.3 Å². The highest BCUT2D eigenvalue weighted by Crippen LogP contribution is 2.29. The summed E-state index contributed by atoms with van der Waals surface area (Å²) < 4.78 is 2.12. The van der Waals surface area contributed by atoms with Crippen LogP contribution in [0.25, 0.3) is 16.7 Å². The first kappa shape index (κ1) is 16.8. The zero-order valence-corrected chi connectivity index (χ0v) is 15.2. The Morgan fingerprint density at radius 1 is 1.23 bits per heavy atom. The van der Waals surface area contributed by atoms with Crippen LogP contribution in [0, 0.1) is 18.3 Å². The minimum absolute atomic E-state index is 0.303. The molecule has 0 bridgehead atoms. The Kier molecular flexibility index (Phi) is 4.27. The summed E-state index contributed by atoms with van der Waals surface area (Å²) in [5.74, 6) is 1.09. The summed E-state index contributed by atoms with van der Waals surface area (Å²) in [6, 6.07) is 12.4. The average molecular weight is 349 g/mol. The Balaban J connectivity index is 1.80. The number of hydrogen-bond acceptors (Lipinski definition) is 5. The van der Waals surface area contributed by atoms with Gasteiger partial charge in [-0.3, -0.25) is 9.30 Å². The number of aliphatic hydroxyl groups is 1. The Morgan fingerprint density at radius 3 is 2.65 bits per heavy atom. The minimum atomic E-state index is -0.303. The van der Waals surface area contributed by atoms with E-state index in [0.29, 0.717) is 12.1 Å². The number of aromatic nitrogens is 2. The van der Waals surface area contributed by atoms with Crippen LogP contribution in [0.2, 0.25) is 0 Å². The van der Waals surface area contributed by atoms with Gasteiger partial charge in [-0.1, -0.05) is 12.1 Å². The Bertz CT molecular complexity index is 993. The summed E-state index contributed by atoms with van der Waals surface area (Å²) in [7, 11) is 0. The van der Waals surface area contributed by atoms with Crippen molar-refractivity contribution in [3.8, 4) is 6.07 Å². The predicted octanol–water partition coefficient (Wildman–Crippen LogP) is 2.17. The molecule has 0 spiro atoms. The van der Waals surface area contributed by atoms with E-state index >= 15 is 0 Å². The monoisotopic (exact) mass is 349 g/mol. The number of imidazole rings is 1. The third kappa shape index (κ3) is 2.79. The molecule has 0 amide bonds. The van der Waals surface area contributed by atoms with Crippen molar-refractivity contribution in [2.24, 2.45) is 0 Å². The zero-order chi connectivity index (χ0) is 18.3. The van der Waals surface area contributed by atoms with Crippen molar-refractivity contribution < 1.29 is 5.11 Å². The maximum absolute atomic E-state index is 9.62. The van der Waals surface area contributed by atoms with Crippen LogP contribution < -0.4 is 4.90 Å². The number of nitrogens with zero attached hydrogens (tertiary/aromatic N) is 5. The highest BCUT2D eigenvalue weighted by atomic mass is 16.3. The Labute approximate surface area is 152 Å². The van der Waals surface area contributed by atoms with Crippen LogP contribution in [0.15, 0.2) is 30.3 Å². The quantitative estimate of drug-likeness (QED) is 0.785. The van der Waals surface area contributed by atoms with Gasteiger partial charge in [0.15, 0.2) is 5.65 Å². The first-order valence-corrected chi connectivity index (χ1v) is 9.04. The van der Waals surface area contributed by atoms with Gasteiger partial charge < -0.3 is 10.0 Å². The molecule has 3 heterocycles. The smallest absolute Gasteiger partial charge is 0.157 e. The molecule has 1 fully saturated rings. The number of anilines is 1. The normalized spacial score (nSPS) is 16.9. The van der Waals surface area contributed by atoms with Gasteiger partial charge in [-0.15, -0.1) is 0 Å². The number of para-hydroxylation sites is 2. The molecule has 0 saturated carbocycles. The molecule has 1 N–H and O–H groups in total. The van der Waals surface area contributed by atoms with Gasteiger partial charge in [0, 0.05) is 32.7 Å². The second-order valence-electron chi connectivity index (χ2n) is 7.07. The van der Waals surface area contributed by atoms with E-state index in [9.17, 15) is 10.4 Å². The van der Waals surface area contributed by atoms with Gasteiger partial charge in [0.05, 0.1) is 22.7 Å². The van der Waals surface area contributed by atoms with E-state index in [1.807, 2.05) is 32.0 Å². The summed E-state index contributed by atoms with van der Waals surface area (Å²) in [6.45, 7) is 8.13. The van der Waals surface area contributed by atoms with E-state index in [0.717, 1.165) is 54.2 Å². The van der Waals surface area contributed by atoms with Crippen LogP contribution >= 0.6 is 0 Å². The van der Waals surface area contributed by atoms with Gasteiger partial charge >= 0.3 is 0 Å². The fourth-order valence-electron chi connectivity index (χ4n) is 3.84. The van der Waals surface area contributed by atoms with E-state index < -0.39 is 0 Å². The van der Waals surface area contributed by atoms with Crippen LogP contribution in [-0.2, 0) is 0 Å². The highest BCUT2D eigenvalue weighted by molar-refractivity contribution is 5.85. The molecule has 134 valence electrons. The van der Waals surface area contributed by atoms with E-state index in [2.05, 4.69) is 32.4 Å². The van der Waals surface area contributed by atoms with E-state index in [1.165, 1.54) is 0 Å². The Hall–Kier alpha value is -2.62. The number of aliphatic hydroxyl groups excluding tert-OH is 1. The molecule has 6 nitrogen and oxygen atoms in total. The number of hydrogen-bond donors (Lipinski definition) is 1. The van der Waals surface area contributed by atoms with Crippen molar-refractivity contribution >= 4 is 22.5 Å². The van der Waals surface area contributed by atoms with Gasteiger partial charge in [-0.2, -0.15) is 5.26 Å². The molecule has 4 rings (SSSR count). The van der Waals surface area contributed by atoms with Crippen LogP contribution in [0.1, 0.15) is 18.1 Å². The van der Waals surface area contributed by atoms with Crippen LogP contribution in [0.4, 0.5) is 5.82 Å². The SMILES string of the molecule is Cc1cc(N2CCN(C[C@@H](C)O)CC2)n2c(nc3ccccc32)c1C#N. The molecule has 26 heavy (non-hydrogen) atoms. The molecule has 0 unspecified atom stereocenters. The molecule has 1 aliphatic heterocycles. The second-order valence-corrected chi connectivity index (χ2v) is 7.07. The zero-order valence-electron chi connectivity index (χ0n) is 15.2. The van der Waals surface area contributed by atoms with Gasteiger partial charge in [-0.05, 0) is 37.6 Å². The summed E-state index contributed by atoms with van der Waals surface area (Å²) in [5, 5.41) is 19.2. The number of nitriles is 1. The molecule has 1 saturated heterocycles. The fraction of sp³-hybridized carbons (Fsp3) is 0.400. The number of piperazine rings is 1. The number of benzene rings is 1. The first-order valence-electron chi connectivity index (χ1n) is 9.04. The maximum Gasteiger partial charge on any atom is 0.157 e. The lowest BCUT2D eigenvalue weighted by molar-refractivity contribution is 0.122. The molecular formula is C20H23N5O. The summed E-state index contributed by atoms with van der Waals surface area (Å²) in [5.41, 5.74) is 4.26. The minimum Gasteiger partial charge on any atom is -0.392 e. The molecular weight excluding hydrogens is 326 g/mol. The van der Waals surface area contributed by atoms with Crippen molar-refractivity contribution in [2.75, 3.05) is 37.6 Å². The lowest BCUT2D eigenvalue weighted by atomic mass is 10.1. The van der Waals surface area contributed by atoms with Crippen LogP contribution in [-0.4, -0.2) is 58.2 Å². The molecule has 6 heteroatoms. The summed E-state index contributed by atoms with van der Waals surface area (Å²) in [4.78, 5) is 9.37. The molecule has 2 aromatic heterocycles. The molecule has 0 aliphatic carbocycles. The number of fused-ring (bicyclic) bond motifs is 3. The second kappa shape index (κ2) is 6.60. The third-order valence-corrected chi connectivity index (χ3v) is 5.08. The maximum atomic E-state index is 9.62. The standard InChI is InChI=1S/C20H23N5O/c1-14-11-19(24-9-7-23(8-10-24)13-15(2)26)25-18-6-4-3-5-17(18)22-20(25)16(14)12-21/h3-6,11,15,26H,7-10,13H2,1-2H3/t15-/m1/s1. The predicted molar refractivity (Wildman–Crippen MR) is 102 cm³/mol. The summed E-state index contributed by atoms with van der Waals surface area (Å²) in [6.07, 6.45) is -0.303. The number of aryl methyl sites for hydroxylation is 1. The van der Waals surface area contributed by atoms with Crippen molar-refractivity contribution in [3.63, 3.8) is 0 Å². The highest BCUT2D eigenvalue weighted by Gasteiger charge is 2.23. The average Bonchev–Trinajstić information content (AvgIpc) is 3.00. The van der Waals surface area contributed by atoms with Crippen molar-refractivity contribution in [3.05, 3.63) is 41.5 Å². The van der Waals surface area contributed by atoms with Gasteiger partial charge in [0.2, 0.25) is 0 Å². The van der Waals surface area contributed by atoms with Gasteiger partial charge in [0.1, 0.15) is 11.9 Å². The van der Waals surface area contributed by atoms with E-state index in [4.69, 9.17) is 4.98 Å². The topological polar surface area (TPSA) is 67.8 Å². The van der Waals surface area contributed by atoms with E-state index in [1.54, 1.807) is 0 Å².